The van der Waals surface area contributed by atoms with Crippen LogP contribution in [0.4, 0.5) is 11.4 Å². The van der Waals surface area contributed by atoms with Crippen LogP contribution in [0, 0.1) is 0 Å². The summed E-state index contributed by atoms with van der Waals surface area (Å²) >= 11 is 7.69. The van der Waals surface area contributed by atoms with Crippen LogP contribution in [0.25, 0.3) is 6.08 Å². The molecule has 0 aromatic heterocycles. The third-order valence-corrected chi connectivity index (χ3v) is 6.78. The van der Waals surface area contributed by atoms with E-state index >= 15 is 0 Å². The number of anilines is 2. The van der Waals surface area contributed by atoms with Crippen molar-refractivity contribution in [2.24, 2.45) is 0 Å². The highest BCUT2D eigenvalue weighted by molar-refractivity contribution is 8.04. The van der Waals surface area contributed by atoms with Crippen molar-refractivity contribution in [1.82, 2.24) is 4.90 Å². The third kappa shape index (κ3) is 4.63. The maximum Gasteiger partial charge on any atom is 0.264 e. The number of halogens is 1. The van der Waals surface area contributed by atoms with E-state index in [-0.39, 0.29) is 5.91 Å². The monoisotopic (exact) mass is 427 g/mol. The molecule has 4 rings (SSSR count). The molecule has 1 atom stereocenters. The van der Waals surface area contributed by atoms with Crippen molar-refractivity contribution in [3.8, 4) is 0 Å². The Kier molecular flexibility index (Phi) is 6.18. The van der Waals surface area contributed by atoms with Crippen LogP contribution < -0.4 is 9.80 Å². The number of nitrogens with zero attached hydrogens (tertiary/aromatic N) is 3. The fourth-order valence-electron chi connectivity index (χ4n) is 3.80. The van der Waals surface area contributed by atoms with E-state index in [4.69, 9.17) is 11.6 Å². The zero-order chi connectivity index (χ0) is 20.4. The van der Waals surface area contributed by atoms with Gasteiger partial charge in [-0.15, -0.1) is 11.8 Å². The number of amides is 1. The highest BCUT2D eigenvalue weighted by Gasteiger charge is 2.29. The quantitative estimate of drug-likeness (QED) is 0.669. The first-order valence-electron chi connectivity index (χ1n) is 9.99. The zero-order valence-electron chi connectivity index (χ0n) is 16.8. The molecular formula is C23H26ClN3OS. The standard InChI is InChI=1S/C23H26ClN3OS/c1-17-16-27(20-9-7-19(24)8-10-20)23(28)22(29-17)15-18-5-3-4-6-21(18)26-13-11-25(2)12-14-26/h3-10,15,17H,11-14,16H2,1-2H3/b22-15-. The van der Waals surface area contributed by atoms with Crippen molar-refractivity contribution in [1.29, 1.82) is 0 Å². The van der Waals surface area contributed by atoms with Crippen LogP contribution in [0.1, 0.15) is 12.5 Å². The molecule has 2 aliphatic heterocycles. The molecule has 0 saturated carbocycles. The Labute approximate surface area is 182 Å². The summed E-state index contributed by atoms with van der Waals surface area (Å²) in [5.74, 6) is 0.0589. The Morgan fingerprint density at radius 3 is 2.45 bits per heavy atom. The highest BCUT2D eigenvalue weighted by Crippen LogP contribution is 2.36. The number of likely N-dealkylation sites (N-methyl/N-ethyl adjacent to an activating group) is 1. The van der Waals surface area contributed by atoms with Gasteiger partial charge in [0.05, 0.1) is 4.91 Å². The highest BCUT2D eigenvalue weighted by atomic mass is 35.5. The van der Waals surface area contributed by atoms with Gasteiger partial charge in [-0.05, 0) is 49.0 Å². The largest absolute Gasteiger partial charge is 0.368 e. The number of para-hydroxylation sites is 1. The molecule has 0 bridgehead atoms. The van der Waals surface area contributed by atoms with Crippen LogP contribution in [0.3, 0.4) is 0 Å². The molecule has 2 fully saturated rings. The van der Waals surface area contributed by atoms with Crippen molar-refractivity contribution in [2.75, 3.05) is 49.6 Å². The van der Waals surface area contributed by atoms with Crippen molar-refractivity contribution >= 4 is 46.7 Å². The summed E-state index contributed by atoms with van der Waals surface area (Å²) in [6.07, 6.45) is 2.07. The van der Waals surface area contributed by atoms with Crippen LogP contribution in [0.5, 0.6) is 0 Å². The fourth-order valence-corrected chi connectivity index (χ4v) is 4.99. The summed E-state index contributed by atoms with van der Waals surface area (Å²) in [5.41, 5.74) is 3.21. The first-order valence-corrected chi connectivity index (χ1v) is 11.3. The lowest BCUT2D eigenvalue weighted by Gasteiger charge is -2.35. The predicted octanol–water partition coefficient (Wildman–Crippen LogP) is 4.60. The zero-order valence-corrected chi connectivity index (χ0v) is 18.4. The number of hydrogen-bond donors (Lipinski definition) is 0. The van der Waals surface area contributed by atoms with Gasteiger partial charge in [0.15, 0.2) is 0 Å². The minimum Gasteiger partial charge on any atom is -0.368 e. The van der Waals surface area contributed by atoms with Crippen molar-refractivity contribution in [3.63, 3.8) is 0 Å². The van der Waals surface area contributed by atoms with Gasteiger partial charge in [0.1, 0.15) is 0 Å². The summed E-state index contributed by atoms with van der Waals surface area (Å²) < 4.78 is 0. The first kappa shape index (κ1) is 20.3. The summed E-state index contributed by atoms with van der Waals surface area (Å²) in [5, 5.41) is 1.00. The molecule has 0 N–H and O–H groups in total. The van der Waals surface area contributed by atoms with Crippen LogP contribution in [-0.2, 0) is 4.79 Å². The van der Waals surface area contributed by atoms with E-state index in [0.29, 0.717) is 16.8 Å². The molecule has 1 amide bonds. The average molecular weight is 428 g/mol. The topological polar surface area (TPSA) is 26.8 Å². The molecule has 0 aliphatic carbocycles. The van der Waals surface area contributed by atoms with Crippen molar-refractivity contribution in [3.05, 3.63) is 64.0 Å². The lowest BCUT2D eigenvalue weighted by molar-refractivity contribution is -0.114. The lowest BCUT2D eigenvalue weighted by atomic mass is 10.1. The number of benzene rings is 2. The van der Waals surface area contributed by atoms with Gasteiger partial charge < -0.3 is 14.7 Å². The van der Waals surface area contributed by atoms with E-state index in [2.05, 4.69) is 48.0 Å². The Morgan fingerprint density at radius 2 is 1.72 bits per heavy atom. The summed E-state index contributed by atoms with van der Waals surface area (Å²) in [6.45, 7) is 6.99. The molecule has 2 aromatic rings. The molecule has 4 nitrogen and oxygen atoms in total. The molecule has 2 aliphatic rings. The second kappa shape index (κ2) is 8.82. The van der Waals surface area contributed by atoms with Crippen LogP contribution >= 0.6 is 23.4 Å². The van der Waals surface area contributed by atoms with E-state index < -0.39 is 0 Å². The number of carbonyl (C=O) groups excluding carboxylic acids is 1. The average Bonchev–Trinajstić information content (AvgIpc) is 2.72. The summed E-state index contributed by atoms with van der Waals surface area (Å²) in [7, 11) is 2.16. The Bertz CT molecular complexity index is 907. The van der Waals surface area contributed by atoms with E-state index in [0.717, 1.165) is 42.3 Å². The maximum atomic E-state index is 13.3. The Hall–Kier alpha value is -1.95. The molecule has 152 valence electrons. The van der Waals surface area contributed by atoms with E-state index in [1.165, 1.54) is 5.69 Å². The first-order chi connectivity index (χ1) is 14.0. The lowest BCUT2D eigenvalue weighted by Crippen LogP contribution is -2.44. The SMILES string of the molecule is CC1CN(c2ccc(Cl)cc2)C(=O)/C(=C/c2ccccc2N2CCN(C)CC2)S1. The number of rotatable bonds is 3. The van der Waals surface area contributed by atoms with Gasteiger partial charge in [0, 0.05) is 54.4 Å². The molecule has 2 aromatic carbocycles. The minimum absolute atomic E-state index is 0.0589. The van der Waals surface area contributed by atoms with Crippen LogP contribution in [0.2, 0.25) is 5.02 Å². The van der Waals surface area contributed by atoms with Gasteiger partial charge in [-0.1, -0.05) is 36.7 Å². The van der Waals surface area contributed by atoms with Gasteiger partial charge in [-0.2, -0.15) is 0 Å². The van der Waals surface area contributed by atoms with Gasteiger partial charge >= 0.3 is 0 Å². The number of carbonyl (C=O) groups is 1. The van der Waals surface area contributed by atoms with Gasteiger partial charge in [0.25, 0.3) is 5.91 Å². The van der Waals surface area contributed by atoms with Gasteiger partial charge in [-0.25, -0.2) is 0 Å². The maximum absolute atomic E-state index is 13.3. The van der Waals surface area contributed by atoms with E-state index in [9.17, 15) is 4.79 Å². The number of hydrogen-bond acceptors (Lipinski definition) is 4. The van der Waals surface area contributed by atoms with Gasteiger partial charge in [0.2, 0.25) is 0 Å². The van der Waals surface area contributed by atoms with E-state index in [1.807, 2.05) is 35.2 Å². The minimum atomic E-state index is 0.0589. The number of thioether (sulfide) groups is 1. The second-order valence-electron chi connectivity index (χ2n) is 7.68. The molecule has 2 heterocycles. The summed E-state index contributed by atoms with van der Waals surface area (Å²) in [4.78, 5) is 20.7. The fraction of sp³-hybridized carbons (Fsp3) is 0.348. The number of piperazine rings is 1. The summed E-state index contributed by atoms with van der Waals surface area (Å²) in [6, 6.07) is 15.9. The van der Waals surface area contributed by atoms with Crippen molar-refractivity contribution in [2.45, 2.75) is 12.2 Å². The second-order valence-corrected chi connectivity index (χ2v) is 9.60. The van der Waals surface area contributed by atoms with Crippen LogP contribution in [0.15, 0.2) is 53.4 Å². The molecule has 2 saturated heterocycles. The van der Waals surface area contributed by atoms with Gasteiger partial charge in [-0.3, -0.25) is 4.79 Å². The Balaban J connectivity index is 1.63. The third-order valence-electron chi connectivity index (χ3n) is 5.43. The molecule has 6 heteroatoms. The van der Waals surface area contributed by atoms with E-state index in [1.54, 1.807) is 11.8 Å². The normalized spacial score (nSPS) is 22.4. The molecule has 0 spiro atoms. The molecule has 1 unspecified atom stereocenters. The molecule has 29 heavy (non-hydrogen) atoms. The predicted molar refractivity (Wildman–Crippen MR) is 125 cm³/mol. The smallest absolute Gasteiger partial charge is 0.264 e. The molecule has 0 radical (unpaired) electrons. The molecular weight excluding hydrogens is 402 g/mol. The van der Waals surface area contributed by atoms with Crippen LogP contribution in [-0.4, -0.2) is 55.8 Å². The van der Waals surface area contributed by atoms with Crippen molar-refractivity contribution < 1.29 is 4.79 Å². The Morgan fingerprint density at radius 1 is 1.03 bits per heavy atom.